The van der Waals surface area contributed by atoms with E-state index >= 15 is 0 Å². The lowest BCUT2D eigenvalue weighted by atomic mass is 9.77. The van der Waals surface area contributed by atoms with E-state index in [-0.39, 0.29) is 24.4 Å². The van der Waals surface area contributed by atoms with Gasteiger partial charge in [-0.15, -0.1) is 0 Å². The Labute approximate surface area is 156 Å². The molecule has 0 saturated carbocycles. The molecule has 1 N–H and O–H groups in total. The molecule has 1 aromatic rings. The molecule has 4 nitrogen and oxygen atoms in total. The first-order valence-corrected chi connectivity index (χ1v) is 9.25. The quantitative estimate of drug-likeness (QED) is 0.553. The van der Waals surface area contributed by atoms with Crippen LogP contribution in [0.5, 0.6) is 0 Å². The third-order valence-corrected chi connectivity index (χ3v) is 5.39. The predicted octanol–water partition coefficient (Wildman–Crippen LogP) is 4.96. The van der Waals surface area contributed by atoms with Crippen molar-refractivity contribution in [2.45, 2.75) is 58.7 Å². The Bertz CT molecular complexity index is 649. The van der Waals surface area contributed by atoms with E-state index in [0.29, 0.717) is 0 Å². The van der Waals surface area contributed by atoms with Crippen LogP contribution in [0, 0.1) is 11.8 Å². The summed E-state index contributed by atoms with van der Waals surface area (Å²) in [6.45, 7) is 8.29. The minimum absolute atomic E-state index is 0.0251. The Kier molecular flexibility index (Phi) is 7.18. The van der Waals surface area contributed by atoms with Crippen molar-refractivity contribution in [1.29, 1.82) is 0 Å². The van der Waals surface area contributed by atoms with Crippen LogP contribution in [0.2, 0.25) is 0 Å². The van der Waals surface area contributed by atoms with E-state index in [1.165, 1.54) is 11.1 Å². The second-order valence-corrected chi connectivity index (χ2v) is 7.56. The van der Waals surface area contributed by atoms with Gasteiger partial charge in [0.15, 0.2) is 0 Å². The molecule has 1 unspecified atom stereocenters. The molecule has 1 fully saturated rings. The van der Waals surface area contributed by atoms with Gasteiger partial charge in [-0.3, -0.25) is 4.79 Å². The van der Waals surface area contributed by atoms with Crippen LogP contribution in [0.4, 0.5) is 0 Å². The maximum Gasteiger partial charge on any atom is 0.306 e. The highest BCUT2D eigenvalue weighted by Crippen LogP contribution is 2.40. The Balaban J connectivity index is 1.94. The summed E-state index contributed by atoms with van der Waals surface area (Å²) in [5, 5.41) is 8.96. The van der Waals surface area contributed by atoms with Crippen molar-refractivity contribution >= 4 is 5.97 Å². The second kappa shape index (κ2) is 9.15. The first kappa shape index (κ1) is 20.4. The highest BCUT2D eigenvalue weighted by atomic mass is 17.2. The van der Waals surface area contributed by atoms with E-state index in [0.717, 1.165) is 12.8 Å². The Hall–Kier alpha value is -1.91. The lowest BCUT2D eigenvalue weighted by Gasteiger charge is -2.43. The van der Waals surface area contributed by atoms with Crippen LogP contribution in [0.15, 0.2) is 54.1 Å². The molecule has 0 amide bonds. The SMILES string of the molecule is C/C(=C\C=C\Cc1ccccc1)C(C)[C@@]1(C)C[C@@H](C)[C@H](CC(=O)O)OO1. The second-order valence-electron chi connectivity index (χ2n) is 7.56. The zero-order valence-electron chi connectivity index (χ0n) is 16.1. The van der Waals surface area contributed by atoms with Crippen molar-refractivity contribution in [1.82, 2.24) is 0 Å². The monoisotopic (exact) mass is 358 g/mol. The van der Waals surface area contributed by atoms with Gasteiger partial charge >= 0.3 is 5.97 Å². The summed E-state index contributed by atoms with van der Waals surface area (Å²) in [6, 6.07) is 10.4. The third-order valence-electron chi connectivity index (χ3n) is 5.39. The van der Waals surface area contributed by atoms with Gasteiger partial charge in [0.2, 0.25) is 0 Å². The van der Waals surface area contributed by atoms with Crippen LogP contribution in [0.1, 0.15) is 46.1 Å². The lowest BCUT2D eigenvalue weighted by molar-refractivity contribution is -0.422. The topological polar surface area (TPSA) is 55.8 Å². The maximum absolute atomic E-state index is 10.9. The number of hydrogen-bond donors (Lipinski definition) is 1. The number of hydrogen-bond acceptors (Lipinski definition) is 3. The largest absolute Gasteiger partial charge is 0.481 e. The van der Waals surface area contributed by atoms with Gasteiger partial charge < -0.3 is 5.11 Å². The van der Waals surface area contributed by atoms with E-state index < -0.39 is 11.6 Å². The van der Waals surface area contributed by atoms with Gasteiger partial charge in [-0.2, -0.15) is 0 Å². The number of carboxylic acid groups (broad SMARTS) is 1. The molecule has 1 aliphatic rings. The standard InChI is InChI=1S/C22H30O4/c1-16(10-8-9-13-19-11-6-5-7-12-19)18(3)22(4)15-17(2)20(25-26-22)14-21(23)24/h5-12,17-18,20H,13-15H2,1-4H3,(H,23,24)/b9-8+,16-10+/t17-,18?,20+,22-/m1/s1. The molecule has 1 aliphatic heterocycles. The molecule has 0 bridgehead atoms. The Morgan fingerprint density at radius 1 is 1.38 bits per heavy atom. The molecule has 0 radical (unpaired) electrons. The molecular weight excluding hydrogens is 328 g/mol. The molecule has 0 spiro atoms. The molecule has 26 heavy (non-hydrogen) atoms. The summed E-state index contributed by atoms with van der Waals surface area (Å²) in [5.41, 5.74) is 2.05. The minimum atomic E-state index is -0.860. The van der Waals surface area contributed by atoms with Gasteiger partial charge in [-0.1, -0.05) is 68.0 Å². The van der Waals surface area contributed by atoms with Crippen LogP contribution >= 0.6 is 0 Å². The molecular formula is C22H30O4. The van der Waals surface area contributed by atoms with E-state index in [2.05, 4.69) is 44.2 Å². The number of allylic oxidation sites excluding steroid dienone is 3. The summed E-state index contributed by atoms with van der Waals surface area (Å²) in [5.74, 6) is -0.562. The van der Waals surface area contributed by atoms with E-state index in [9.17, 15) is 4.79 Å². The average molecular weight is 358 g/mol. The van der Waals surface area contributed by atoms with Gasteiger partial charge in [0, 0.05) is 5.92 Å². The molecule has 142 valence electrons. The van der Waals surface area contributed by atoms with Gasteiger partial charge in [0.05, 0.1) is 6.42 Å². The van der Waals surface area contributed by atoms with Crippen molar-refractivity contribution < 1.29 is 19.7 Å². The van der Waals surface area contributed by atoms with Gasteiger partial charge in [-0.25, -0.2) is 9.78 Å². The normalized spacial score (nSPS) is 28.2. The molecule has 0 aliphatic carbocycles. The average Bonchev–Trinajstić information content (AvgIpc) is 2.61. The van der Waals surface area contributed by atoms with Crippen molar-refractivity contribution in [3.63, 3.8) is 0 Å². The fourth-order valence-electron chi connectivity index (χ4n) is 3.39. The number of benzene rings is 1. The van der Waals surface area contributed by atoms with Gasteiger partial charge in [-0.05, 0) is 38.2 Å². The number of rotatable bonds is 7. The number of carbonyl (C=O) groups is 1. The Morgan fingerprint density at radius 3 is 2.69 bits per heavy atom. The highest BCUT2D eigenvalue weighted by molar-refractivity contribution is 5.67. The minimum Gasteiger partial charge on any atom is -0.481 e. The molecule has 4 heteroatoms. The predicted molar refractivity (Wildman–Crippen MR) is 103 cm³/mol. The number of aliphatic carboxylic acids is 1. The number of carboxylic acids is 1. The zero-order valence-corrected chi connectivity index (χ0v) is 16.1. The molecule has 4 atom stereocenters. The van der Waals surface area contributed by atoms with Crippen LogP contribution in [0.25, 0.3) is 0 Å². The van der Waals surface area contributed by atoms with Gasteiger partial charge in [0.25, 0.3) is 0 Å². The summed E-state index contributed by atoms with van der Waals surface area (Å²) < 4.78 is 0. The molecule has 1 heterocycles. The van der Waals surface area contributed by atoms with Crippen molar-refractivity contribution in [3.05, 3.63) is 59.7 Å². The van der Waals surface area contributed by atoms with Crippen LogP contribution in [-0.2, 0) is 21.0 Å². The first-order valence-electron chi connectivity index (χ1n) is 9.25. The van der Waals surface area contributed by atoms with E-state index in [4.69, 9.17) is 14.9 Å². The van der Waals surface area contributed by atoms with Crippen molar-refractivity contribution in [3.8, 4) is 0 Å². The Morgan fingerprint density at radius 2 is 2.08 bits per heavy atom. The smallest absolute Gasteiger partial charge is 0.306 e. The maximum atomic E-state index is 10.9. The summed E-state index contributed by atoms with van der Waals surface area (Å²) in [6.07, 6.45) is 7.62. The van der Waals surface area contributed by atoms with E-state index in [1.54, 1.807) is 0 Å². The summed E-state index contributed by atoms with van der Waals surface area (Å²) in [7, 11) is 0. The van der Waals surface area contributed by atoms with Crippen LogP contribution in [0.3, 0.4) is 0 Å². The molecule has 1 aromatic carbocycles. The summed E-state index contributed by atoms with van der Waals surface area (Å²) in [4.78, 5) is 22.0. The third kappa shape index (κ3) is 5.55. The zero-order chi connectivity index (χ0) is 19.2. The van der Waals surface area contributed by atoms with Gasteiger partial charge in [0.1, 0.15) is 11.7 Å². The fraction of sp³-hybridized carbons (Fsp3) is 0.500. The van der Waals surface area contributed by atoms with Crippen molar-refractivity contribution in [2.75, 3.05) is 0 Å². The highest BCUT2D eigenvalue weighted by Gasteiger charge is 2.43. The van der Waals surface area contributed by atoms with Crippen LogP contribution in [-0.4, -0.2) is 22.8 Å². The molecule has 2 rings (SSSR count). The first-order chi connectivity index (χ1) is 12.3. The lowest BCUT2D eigenvalue weighted by Crippen LogP contribution is -2.47. The molecule has 0 aromatic heterocycles. The molecule has 1 saturated heterocycles. The van der Waals surface area contributed by atoms with Crippen molar-refractivity contribution in [2.24, 2.45) is 11.8 Å². The summed E-state index contributed by atoms with van der Waals surface area (Å²) >= 11 is 0. The van der Waals surface area contributed by atoms with E-state index in [1.807, 2.05) is 32.0 Å². The van der Waals surface area contributed by atoms with Crippen LogP contribution < -0.4 is 0 Å². The fourth-order valence-corrected chi connectivity index (χ4v) is 3.39.